The van der Waals surface area contributed by atoms with E-state index in [1.807, 2.05) is 6.07 Å². The summed E-state index contributed by atoms with van der Waals surface area (Å²) in [5.41, 5.74) is -1.64. The molecular formula is C19H19Cl2F5N4O3S. The topological polar surface area (TPSA) is 89.2 Å². The monoisotopic (exact) mass is 548 g/mol. The van der Waals surface area contributed by atoms with Crippen LogP contribution in [0.25, 0.3) is 5.69 Å². The van der Waals surface area contributed by atoms with Crippen LogP contribution in [0, 0.1) is 11.3 Å². The summed E-state index contributed by atoms with van der Waals surface area (Å²) in [5.74, 6) is -0.573. The van der Waals surface area contributed by atoms with E-state index in [4.69, 9.17) is 32.7 Å². The number of halogens is 7. The second-order valence-electron chi connectivity index (χ2n) is 7.65. The molecule has 0 radical (unpaired) electrons. The fourth-order valence-corrected chi connectivity index (χ4v) is 5.00. The van der Waals surface area contributed by atoms with E-state index >= 15 is 0 Å². The van der Waals surface area contributed by atoms with Gasteiger partial charge in [0.25, 0.3) is 0 Å². The highest BCUT2D eigenvalue weighted by molar-refractivity contribution is 8.45. The number of nitrogens with one attached hydrogen (secondary N) is 1. The number of ether oxygens (including phenoxy) is 2. The summed E-state index contributed by atoms with van der Waals surface area (Å²) >= 11 is 12.0. The number of carbonyl (C=O) groups is 1. The van der Waals surface area contributed by atoms with E-state index < -0.39 is 36.5 Å². The van der Waals surface area contributed by atoms with Crippen LogP contribution in [0.4, 0.5) is 25.2 Å². The van der Waals surface area contributed by atoms with Crippen molar-refractivity contribution in [3.05, 3.63) is 33.4 Å². The van der Waals surface area contributed by atoms with Crippen molar-refractivity contribution in [1.82, 2.24) is 9.78 Å². The first-order chi connectivity index (χ1) is 15.6. The molecule has 1 fully saturated rings. The highest BCUT2D eigenvalue weighted by Crippen LogP contribution is 3.02. The molecule has 0 bridgehead atoms. The van der Waals surface area contributed by atoms with E-state index in [9.17, 15) is 29.5 Å². The molecular weight excluding hydrogens is 530 g/mol. The third kappa shape index (κ3) is 4.91. The fourth-order valence-electron chi connectivity index (χ4n) is 3.54. The molecule has 1 N–H and O–H groups in total. The lowest BCUT2D eigenvalue weighted by atomic mass is 9.95. The van der Waals surface area contributed by atoms with Crippen LogP contribution in [0.1, 0.15) is 30.5 Å². The maximum atomic E-state index is 13.3. The van der Waals surface area contributed by atoms with Gasteiger partial charge in [-0.2, -0.15) is 10.4 Å². The molecule has 188 valence electrons. The Balaban J connectivity index is 2.25. The highest BCUT2D eigenvalue weighted by atomic mass is 35.5. The number of hydrogen-bond acceptors (Lipinski definition) is 6. The summed E-state index contributed by atoms with van der Waals surface area (Å²) < 4.78 is 77.4. The number of benzene rings is 1. The molecule has 0 saturated heterocycles. The molecule has 1 aliphatic rings. The van der Waals surface area contributed by atoms with Gasteiger partial charge in [-0.1, -0.05) is 42.6 Å². The van der Waals surface area contributed by atoms with Gasteiger partial charge in [-0.25, -0.2) is 4.68 Å². The number of nitrogens with zero attached hydrogens (tertiary/aromatic N) is 3. The first kappa shape index (κ1) is 26.3. The molecule has 0 unspecified atom stereocenters. The normalized spacial score (nSPS) is 16.8. The lowest BCUT2D eigenvalue weighted by Gasteiger charge is -2.40. The standard InChI is InChI=1S/C19H19Cl2F5N4O3S/c1-32-7-3-6-28-17-15(19(4-5-19)18(31)33-2)14(10-27)29-30(17)16-12(20)8-11(9-13(16)21)34(22,23,24,25)26/h8-9,28H,3-7H2,1-2H3. The Hall–Kier alpha value is -2.27. The Morgan fingerprint density at radius 1 is 1.24 bits per heavy atom. The first-order valence-electron chi connectivity index (χ1n) is 9.68. The molecule has 1 heterocycles. The molecule has 15 heteroatoms. The molecule has 2 aromatic rings. The van der Waals surface area contributed by atoms with Crippen LogP contribution in [0.5, 0.6) is 0 Å². The van der Waals surface area contributed by atoms with Crippen molar-refractivity contribution < 1.29 is 33.7 Å². The van der Waals surface area contributed by atoms with E-state index in [0.29, 0.717) is 25.9 Å². The van der Waals surface area contributed by atoms with Crippen molar-refractivity contribution in [2.45, 2.75) is 29.6 Å². The molecule has 3 rings (SSSR count). The van der Waals surface area contributed by atoms with Crippen LogP contribution in [0.2, 0.25) is 10.0 Å². The first-order valence-corrected chi connectivity index (χ1v) is 12.4. The summed E-state index contributed by atoms with van der Waals surface area (Å²) in [4.78, 5) is 10.3. The SMILES string of the molecule is COCCCNc1c(C2(C(=O)OC)CC2)c(C#N)nn1-c1c(Cl)cc(S(F)(F)(F)(F)F)cc1Cl. The molecule has 0 spiro atoms. The van der Waals surface area contributed by atoms with E-state index in [1.165, 1.54) is 14.2 Å². The lowest BCUT2D eigenvalue weighted by molar-refractivity contribution is -0.143. The van der Waals surface area contributed by atoms with E-state index in [1.54, 1.807) is 0 Å². The molecule has 34 heavy (non-hydrogen) atoms. The van der Waals surface area contributed by atoms with Gasteiger partial charge in [0.05, 0.1) is 28.1 Å². The predicted molar refractivity (Wildman–Crippen MR) is 118 cm³/mol. The number of carbonyl (C=O) groups excluding carboxylic acids is 1. The fraction of sp³-hybridized carbons (Fsp3) is 0.421. The van der Waals surface area contributed by atoms with Crippen LogP contribution in [0.3, 0.4) is 0 Å². The van der Waals surface area contributed by atoms with Crippen LogP contribution in [-0.4, -0.2) is 43.1 Å². The maximum Gasteiger partial charge on any atom is 0.316 e. The van der Waals surface area contributed by atoms with Crippen molar-refractivity contribution in [3.8, 4) is 11.8 Å². The minimum atomic E-state index is -10.1. The van der Waals surface area contributed by atoms with Gasteiger partial charge in [-0.3, -0.25) is 4.79 Å². The zero-order chi connectivity index (χ0) is 25.6. The molecule has 1 aromatic heterocycles. The molecule has 1 saturated carbocycles. The van der Waals surface area contributed by atoms with Gasteiger partial charge in [0, 0.05) is 20.3 Å². The number of aromatic nitrogens is 2. The van der Waals surface area contributed by atoms with Crippen LogP contribution in [0.15, 0.2) is 17.0 Å². The summed E-state index contributed by atoms with van der Waals surface area (Å²) in [6.45, 7) is 0.595. The van der Waals surface area contributed by atoms with Gasteiger partial charge in [-0.15, -0.1) is 0 Å². The van der Waals surface area contributed by atoms with Crippen LogP contribution < -0.4 is 5.32 Å². The van der Waals surface area contributed by atoms with Gasteiger partial charge in [0.1, 0.15) is 22.5 Å². The van der Waals surface area contributed by atoms with Crippen LogP contribution >= 0.6 is 33.4 Å². The Morgan fingerprint density at radius 3 is 2.26 bits per heavy atom. The van der Waals surface area contributed by atoms with Gasteiger partial charge in [0.15, 0.2) is 5.69 Å². The Bertz CT molecular complexity index is 1170. The quantitative estimate of drug-likeness (QED) is 0.223. The zero-order valence-corrected chi connectivity index (χ0v) is 20.1. The third-order valence-corrected chi connectivity index (χ3v) is 6.96. The highest BCUT2D eigenvalue weighted by Gasteiger charge is 2.65. The lowest BCUT2D eigenvalue weighted by Crippen LogP contribution is -2.24. The predicted octanol–water partition coefficient (Wildman–Crippen LogP) is 6.36. The third-order valence-electron chi connectivity index (χ3n) is 5.26. The summed E-state index contributed by atoms with van der Waals surface area (Å²) in [6, 6.07) is 1.97. The minimum Gasteiger partial charge on any atom is -0.468 e. The number of methoxy groups -OCH3 is 2. The van der Waals surface area contributed by atoms with Gasteiger partial charge in [-0.05, 0) is 31.4 Å². The van der Waals surface area contributed by atoms with Crippen LogP contribution in [-0.2, 0) is 19.7 Å². The molecule has 1 aliphatic carbocycles. The molecule has 1 aromatic carbocycles. The maximum absolute atomic E-state index is 13.3. The molecule has 7 nitrogen and oxygen atoms in total. The number of hydrogen-bond donors (Lipinski definition) is 1. The number of rotatable bonds is 9. The van der Waals surface area contributed by atoms with Crippen molar-refractivity contribution in [2.24, 2.45) is 0 Å². The van der Waals surface area contributed by atoms with Gasteiger partial charge < -0.3 is 14.8 Å². The van der Waals surface area contributed by atoms with E-state index in [0.717, 1.165) is 4.68 Å². The van der Waals surface area contributed by atoms with Crippen molar-refractivity contribution in [1.29, 1.82) is 5.26 Å². The molecule has 0 amide bonds. The number of nitriles is 1. The Labute approximate surface area is 201 Å². The van der Waals surface area contributed by atoms with E-state index in [2.05, 4.69) is 10.4 Å². The minimum absolute atomic E-state index is 0.0550. The Morgan fingerprint density at radius 2 is 1.82 bits per heavy atom. The largest absolute Gasteiger partial charge is 0.468 e. The van der Waals surface area contributed by atoms with E-state index in [-0.39, 0.29) is 41.4 Å². The second kappa shape index (κ2) is 8.15. The van der Waals surface area contributed by atoms with Gasteiger partial charge >= 0.3 is 16.2 Å². The molecule has 0 atom stereocenters. The smallest absolute Gasteiger partial charge is 0.316 e. The second-order valence-corrected chi connectivity index (χ2v) is 10.9. The van der Waals surface area contributed by atoms with Crippen molar-refractivity contribution in [2.75, 3.05) is 32.7 Å². The summed E-state index contributed by atoms with van der Waals surface area (Å²) in [7, 11) is -7.41. The summed E-state index contributed by atoms with van der Waals surface area (Å²) in [6.07, 6.45) is 1.13. The number of esters is 1. The zero-order valence-electron chi connectivity index (χ0n) is 17.8. The Kier molecular flexibility index (Phi) is 6.31. The average Bonchev–Trinajstić information content (AvgIpc) is 3.45. The average molecular weight is 549 g/mol. The summed E-state index contributed by atoms with van der Waals surface area (Å²) in [5, 5.41) is 15.2. The van der Waals surface area contributed by atoms with Crippen molar-refractivity contribution >= 4 is 45.2 Å². The van der Waals surface area contributed by atoms with Crippen molar-refractivity contribution in [3.63, 3.8) is 0 Å². The molecule has 0 aliphatic heterocycles. The number of anilines is 1. The van der Waals surface area contributed by atoms with Gasteiger partial charge in [0.2, 0.25) is 0 Å².